The van der Waals surface area contributed by atoms with Crippen LogP contribution in [0.5, 0.6) is 0 Å². The van der Waals surface area contributed by atoms with Gasteiger partial charge in [0.1, 0.15) is 11.6 Å². The van der Waals surface area contributed by atoms with Crippen LogP contribution in [0.25, 0.3) is 0 Å². The molecule has 0 radical (unpaired) electrons. The maximum atomic E-state index is 10.5. The van der Waals surface area contributed by atoms with E-state index in [2.05, 4.69) is 15.5 Å². The van der Waals surface area contributed by atoms with Crippen LogP contribution in [0.3, 0.4) is 0 Å². The maximum absolute atomic E-state index is 10.5. The fraction of sp³-hybridized carbons (Fsp3) is 0.0909. The van der Waals surface area contributed by atoms with Crippen molar-refractivity contribution in [3.05, 3.63) is 52.1 Å². The third-order valence-electron chi connectivity index (χ3n) is 2.31. The van der Waals surface area contributed by atoms with Crippen molar-refractivity contribution in [2.75, 3.05) is 11.1 Å². The SMILES string of the molecule is Nc1ccc(NCc2ccc([N+](=O)[O-])cc2)nn1. The Balaban J connectivity index is 1.97. The van der Waals surface area contributed by atoms with E-state index in [1.165, 1.54) is 12.1 Å². The number of hydrogen-bond donors (Lipinski definition) is 2. The number of non-ortho nitro benzene ring substituents is 1. The van der Waals surface area contributed by atoms with Crippen LogP contribution in [0.4, 0.5) is 17.3 Å². The van der Waals surface area contributed by atoms with E-state index in [1.807, 2.05) is 0 Å². The first-order valence-electron chi connectivity index (χ1n) is 5.21. The number of nitrogens with two attached hydrogens (primary N) is 1. The Bertz CT molecular complexity index is 538. The Morgan fingerprint density at radius 1 is 1.17 bits per heavy atom. The van der Waals surface area contributed by atoms with Crippen LogP contribution in [-0.4, -0.2) is 15.1 Å². The summed E-state index contributed by atoms with van der Waals surface area (Å²) in [6.45, 7) is 0.511. The van der Waals surface area contributed by atoms with E-state index in [9.17, 15) is 10.1 Å². The fourth-order valence-electron chi connectivity index (χ4n) is 1.37. The van der Waals surface area contributed by atoms with Gasteiger partial charge in [-0.1, -0.05) is 12.1 Å². The molecule has 1 aromatic carbocycles. The van der Waals surface area contributed by atoms with Gasteiger partial charge in [-0.2, -0.15) is 0 Å². The van der Waals surface area contributed by atoms with E-state index >= 15 is 0 Å². The van der Waals surface area contributed by atoms with Crippen molar-refractivity contribution in [3.63, 3.8) is 0 Å². The van der Waals surface area contributed by atoms with E-state index in [-0.39, 0.29) is 5.69 Å². The first kappa shape index (κ1) is 11.8. The minimum absolute atomic E-state index is 0.0750. The Labute approximate surface area is 103 Å². The average molecular weight is 245 g/mol. The molecule has 0 unspecified atom stereocenters. The number of nitrogens with zero attached hydrogens (tertiary/aromatic N) is 3. The van der Waals surface area contributed by atoms with Crippen molar-refractivity contribution in [3.8, 4) is 0 Å². The molecule has 1 aromatic heterocycles. The monoisotopic (exact) mass is 245 g/mol. The first-order chi connectivity index (χ1) is 8.65. The van der Waals surface area contributed by atoms with Gasteiger partial charge < -0.3 is 11.1 Å². The topological polar surface area (TPSA) is 107 Å². The molecular formula is C11H11N5O2. The third-order valence-corrected chi connectivity index (χ3v) is 2.31. The molecule has 0 amide bonds. The fourth-order valence-corrected chi connectivity index (χ4v) is 1.37. The summed E-state index contributed by atoms with van der Waals surface area (Å²) in [6.07, 6.45) is 0. The summed E-state index contributed by atoms with van der Waals surface area (Å²) in [6, 6.07) is 9.67. The van der Waals surface area contributed by atoms with Gasteiger partial charge in [-0.15, -0.1) is 10.2 Å². The zero-order valence-corrected chi connectivity index (χ0v) is 9.41. The number of nitro groups is 1. The van der Waals surface area contributed by atoms with Crippen molar-refractivity contribution in [1.82, 2.24) is 10.2 Å². The molecule has 2 aromatic rings. The quantitative estimate of drug-likeness (QED) is 0.625. The van der Waals surface area contributed by atoms with Gasteiger partial charge in [-0.25, -0.2) is 0 Å². The summed E-state index contributed by atoms with van der Waals surface area (Å²) < 4.78 is 0. The van der Waals surface area contributed by atoms with Crippen LogP contribution in [0.15, 0.2) is 36.4 Å². The largest absolute Gasteiger partial charge is 0.382 e. The number of benzene rings is 1. The average Bonchev–Trinajstić information content (AvgIpc) is 2.38. The Morgan fingerprint density at radius 2 is 1.89 bits per heavy atom. The Hall–Kier alpha value is -2.70. The van der Waals surface area contributed by atoms with E-state index in [4.69, 9.17) is 5.73 Å². The molecule has 7 nitrogen and oxygen atoms in total. The molecule has 0 saturated carbocycles. The Morgan fingerprint density at radius 3 is 2.44 bits per heavy atom. The van der Waals surface area contributed by atoms with Crippen molar-refractivity contribution >= 4 is 17.3 Å². The normalized spacial score (nSPS) is 10.0. The number of nitrogen functional groups attached to an aromatic ring is 1. The molecule has 3 N–H and O–H groups in total. The highest BCUT2D eigenvalue weighted by Gasteiger charge is 2.03. The van der Waals surface area contributed by atoms with Crippen LogP contribution >= 0.6 is 0 Å². The van der Waals surface area contributed by atoms with Gasteiger partial charge in [0, 0.05) is 18.7 Å². The summed E-state index contributed by atoms with van der Waals surface area (Å²) in [5.74, 6) is 0.957. The van der Waals surface area contributed by atoms with Crippen LogP contribution in [0.1, 0.15) is 5.56 Å². The molecule has 0 aliphatic heterocycles. The summed E-state index contributed by atoms with van der Waals surface area (Å²) in [4.78, 5) is 10.1. The second-order valence-electron chi connectivity index (χ2n) is 3.62. The van der Waals surface area contributed by atoms with Crippen LogP contribution in [0, 0.1) is 10.1 Å². The molecule has 2 rings (SSSR count). The zero-order valence-electron chi connectivity index (χ0n) is 9.41. The summed E-state index contributed by atoms with van der Waals surface area (Å²) >= 11 is 0. The number of anilines is 2. The molecule has 1 heterocycles. The molecule has 7 heteroatoms. The lowest BCUT2D eigenvalue weighted by atomic mass is 10.2. The molecule has 92 valence electrons. The van der Waals surface area contributed by atoms with Crippen LogP contribution in [-0.2, 0) is 6.54 Å². The van der Waals surface area contributed by atoms with Crippen molar-refractivity contribution < 1.29 is 4.92 Å². The molecule has 0 saturated heterocycles. The lowest BCUT2D eigenvalue weighted by Crippen LogP contribution is -2.03. The number of rotatable bonds is 4. The van der Waals surface area contributed by atoms with Gasteiger partial charge >= 0.3 is 0 Å². The van der Waals surface area contributed by atoms with Gasteiger partial charge in [0.2, 0.25) is 0 Å². The summed E-state index contributed by atoms with van der Waals surface area (Å²) in [5, 5.41) is 21.1. The molecule has 0 aliphatic carbocycles. The van der Waals surface area contributed by atoms with Gasteiger partial charge in [0.25, 0.3) is 5.69 Å². The van der Waals surface area contributed by atoms with Crippen molar-refractivity contribution in [2.45, 2.75) is 6.54 Å². The van der Waals surface area contributed by atoms with Gasteiger partial charge in [-0.05, 0) is 17.7 Å². The minimum atomic E-state index is -0.428. The van der Waals surface area contributed by atoms with Gasteiger partial charge in [0.15, 0.2) is 0 Å². The highest BCUT2D eigenvalue weighted by Crippen LogP contribution is 2.13. The number of hydrogen-bond acceptors (Lipinski definition) is 6. The van der Waals surface area contributed by atoms with E-state index in [0.29, 0.717) is 18.2 Å². The van der Waals surface area contributed by atoms with E-state index in [1.54, 1.807) is 24.3 Å². The summed E-state index contributed by atoms with van der Waals surface area (Å²) in [7, 11) is 0. The number of nitro benzene ring substituents is 1. The number of aromatic nitrogens is 2. The first-order valence-corrected chi connectivity index (χ1v) is 5.21. The van der Waals surface area contributed by atoms with Crippen molar-refractivity contribution in [2.24, 2.45) is 0 Å². The molecule has 0 atom stereocenters. The predicted octanol–water partition coefficient (Wildman–Crippen LogP) is 1.58. The number of nitrogens with one attached hydrogen (secondary N) is 1. The lowest BCUT2D eigenvalue weighted by molar-refractivity contribution is -0.384. The molecule has 0 fully saturated rings. The minimum Gasteiger partial charge on any atom is -0.382 e. The molecular weight excluding hydrogens is 234 g/mol. The van der Waals surface area contributed by atoms with Gasteiger partial charge in [0.05, 0.1) is 4.92 Å². The predicted molar refractivity (Wildman–Crippen MR) is 66.9 cm³/mol. The molecule has 18 heavy (non-hydrogen) atoms. The summed E-state index contributed by atoms with van der Waals surface area (Å²) in [5.41, 5.74) is 6.40. The highest BCUT2D eigenvalue weighted by molar-refractivity contribution is 5.40. The highest BCUT2D eigenvalue weighted by atomic mass is 16.6. The van der Waals surface area contributed by atoms with E-state index < -0.39 is 4.92 Å². The second kappa shape index (κ2) is 5.09. The smallest absolute Gasteiger partial charge is 0.269 e. The maximum Gasteiger partial charge on any atom is 0.269 e. The Kier molecular flexibility index (Phi) is 3.33. The molecule has 0 aliphatic rings. The lowest BCUT2D eigenvalue weighted by Gasteiger charge is -2.04. The van der Waals surface area contributed by atoms with Gasteiger partial charge in [-0.3, -0.25) is 10.1 Å². The van der Waals surface area contributed by atoms with Crippen LogP contribution < -0.4 is 11.1 Å². The third kappa shape index (κ3) is 2.91. The van der Waals surface area contributed by atoms with E-state index in [0.717, 1.165) is 5.56 Å². The van der Waals surface area contributed by atoms with Crippen molar-refractivity contribution in [1.29, 1.82) is 0 Å². The zero-order chi connectivity index (χ0) is 13.0. The molecule has 0 spiro atoms. The van der Waals surface area contributed by atoms with Crippen LogP contribution in [0.2, 0.25) is 0 Å². The standard InChI is InChI=1S/C11H11N5O2/c12-10-5-6-11(15-14-10)13-7-8-1-3-9(4-2-8)16(17)18/h1-6H,7H2,(H2,12,14)(H,13,15). The molecule has 0 bridgehead atoms. The second-order valence-corrected chi connectivity index (χ2v) is 3.62.